The molecule has 1 unspecified atom stereocenters. The van der Waals surface area contributed by atoms with E-state index in [-0.39, 0.29) is 24.3 Å². The number of likely N-dealkylation sites (N-methyl/N-ethyl adjacent to an activating group) is 1. The van der Waals surface area contributed by atoms with Crippen LogP contribution in [0.1, 0.15) is 33.6 Å². The van der Waals surface area contributed by atoms with Crippen LogP contribution in [0.5, 0.6) is 0 Å². The van der Waals surface area contributed by atoms with Crippen LogP contribution in [0.4, 0.5) is 5.69 Å². The molecule has 0 aromatic heterocycles. The first-order valence-electron chi connectivity index (χ1n) is 9.75. The third-order valence-corrected chi connectivity index (χ3v) is 4.96. The molecule has 0 spiro atoms. The Morgan fingerprint density at radius 3 is 2.27 bits per heavy atom. The fourth-order valence-corrected chi connectivity index (χ4v) is 3.36. The van der Waals surface area contributed by atoms with E-state index >= 15 is 0 Å². The third kappa shape index (κ3) is 5.02. The largest absolute Gasteiger partial charge is 0.357 e. The van der Waals surface area contributed by atoms with Crippen molar-refractivity contribution in [3.05, 3.63) is 65.7 Å². The predicted octanol–water partition coefficient (Wildman–Crippen LogP) is 1.41. The third-order valence-electron chi connectivity index (χ3n) is 4.96. The van der Waals surface area contributed by atoms with Crippen molar-refractivity contribution in [2.24, 2.45) is 0 Å². The second-order valence-electron chi connectivity index (χ2n) is 6.94. The van der Waals surface area contributed by atoms with Crippen LogP contribution in [0.25, 0.3) is 0 Å². The molecule has 8 nitrogen and oxygen atoms in total. The van der Waals surface area contributed by atoms with Gasteiger partial charge in [-0.2, -0.15) is 0 Å². The summed E-state index contributed by atoms with van der Waals surface area (Å²) in [6, 6.07) is 14.7. The van der Waals surface area contributed by atoms with Crippen molar-refractivity contribution >= 4 is 29.3 Å². The fourth-order valence-electron chi connectivity index (χ4n) is 3.36. The second kappa shape index (κ2) is 9.69. The Hall–Kier alpha value is -3.68. The molecule has 1 aliphatic heterocycles. The number of benzene rings is 2. The van der Waals surface area contributed by atoms with Crippen LogP contribution in [-0.4, -0.2) is 54.7 Å². The molecule has 3 N–H and O–H groups in total. The van der Waals surface area contributed by atoms with E-state index in [1.807, 2.05) is 6.07 Å². The van der Waals surface area contributed by atoms with Gasteiger partial charge in [-0.1, -0.05) is 18.2 Å². The summed E-state index contributed by atoms with van der Waals surface area (Å²) >= 11 is 0. The lowest BCUT2D eigenvalue weighted by Gasteiger charge is -2.23. The number of carbonyl (C=O) groups excluding carboxylic acids is 4. The molecule has 0 bridgehead atoms. The van der Waals surface area contributed by atoms with Crippen LogP contribution in [0.2, 0.25) is 0 Å². The van der Waals surface area contributed by atoms with E-state index in [1.165, 1.54) is 11.9 Å². The summed E-state index contributed by atoms with van der Waals surface area (Å²) in [6.45, 7) is 0.321. The quantitative estimate of drug-likeness (QED) is 0.672. The molecule has 2 aromatic carbocycles. The maximum Gasteiger partial charge on any atom is 0.255 e. The number of carbonyl (C=O) groups is 4. The van der Waals surface area contributed by atoms with Gasteiger partial charge >= 0.3 is 0 Å². The maximum absolute atomic E-state index is 12.4. The summed E-state index contributed by atoms with van der Waals surface area (Å²) in [7, 11) is 1.54. The molecular formula is C22H24N4O4. The molecule has 4 amide bonds. The Balaban J connectivity index is 1.53. The number of nitrogens with zero attached hydrogens (tertiary/aromatic N) is 1. The van der Waals surface area contributed by atoms with E-state index < -0.39 is 11.9 Å². The summed E-state index contributed by atoms with van der Waals surface area (Å²) in [5, 5.41) is 7.91. The average Bonchev–Trinajstić information content (AvgIpc) is 3.28. The summed E-state index contributed by atoms with van der Waals surface area (Å²) < 4.78 is 0. The topological polar surface area (TPSA) is 108 Å². The van der Waals surface area contributed by atoms with E-state index in [1.54, 1.807) is 48.5 Å². The first-order chi connectivity index (χ1) is 14.5. The van der Waals surface area contributed by atoms with Crippen LogP contribution in [0, 0.1) is 0 Å². The molecule has 3 rings (SSSR count). The number of hydrogen-bond donors (Lipinski definition) is 3. The second-order valence-corrected chi connectivity index (χ2v) is 6.94. The highest BCUT2D eigenvalue weighted by molar-refractivity contribution is 6.04. The standard InChI is InChI=1S/C22H24N4O4/c1-23-22(30)18-8-5-13-26(18)19(27)14-24-20(28)16-9-11-17(12-10-16)25-21(29)15-6-3-2-4-7-15/h2-4,6-7,9-12,18H,5,8,13-14H2,1H3,(H,23,30)(H,24,28)(H,25,29). The number of amides is 4. The molecule has 1 heterocycles. The van der Waals surface area contributed by atoms with Gasteiger partial charge in [0.25, 0.3) is 11.8 Å². The van der Waals surface area contributed by atoms with Crippen molar-refractivity contribution in [2.75, 3.05) is 25.5 Å². The minimum Gasteiger partial charge on any atom is -0.357 e. The van der Waals surface area contributed by atoms with E-state index in [2.05, 4.69) is 16.0 Å². The summed E-state index contributed by atoms with van der Waals surface area (Å²) in [4.78, 5) is 50.3. The van der Waals surface area contributed by atoms with Crippen molar-refractivity contribution in [1.82, 2.24) is 15.5 Å². The zero-order chi connectivity index (χ0) is 21.5. The lowest BCUT2D eigenvalue weighted by molar-refractivity contribution is -0.137. The summed E-state index contributed by atoms with van der Waals surface area (Å²) in [6.07, 6.45) is 1.38. The minimum absolute atomic E-state index is 0.182. The smallest absolute Gasteiger partial charge is 0.255 e. The zero-order valence-corrected chi connectivity index (χ0v) is 16.7. The van der Waals surface area contributed by atoms with Gasteiger partial charge in [0, 0.05) is 30.4 Å². The fraction of sp³-hybridized carbons (Fsp3) is 0.273. The van der Waals surface area contributed by atoms with Crippen LogP contribution in [-0.2, 0) is 9.59 Å². The van der Waals surface area contributed by atoms with Crippen molar-refractivity contribution in [3.8, 4) is 0 Å². The Morgan fingerprint density at radius 2 is 1.60 bits per heavy atom. The SMILES string of the molecule is CNC(=O)C1CCCN1C(=O)CNC(=O)c1ccc(NC(=O)c2ccccc2)cc1. The predicted molar refractivity (Wildman–Crippen MR) is 112 cm³/mol. The van der Waals surface area contributed by atoms with Gasteiger partial charge in [0.05, 0.1) is 6.54 Å². The van der Waals surface area contributed by atoms with Gasteiger partial charge in [0.1, 0.15) is 6.04 Å². The molecule has 1 atom stereocenters. The van der Waals surface area contributed by atoms with Crippen molar-refractivity contribution in [3.63, 3.8) is 0 Å². The summed E-state index contributed by atoms with van der Waals surface area (Å²) in [5.74, 6) is -1.13. The molecule has 0 saturated carbocycles. The van der Waals surface area contributed by atoms with Gasteiger partial charge in [0.2, 0.25) is 11.8 Å². The molecule has 0 radical (unpaired) electrons. The molecule has 156 valence electrons. The van der Waals surface area contributed by atoms with E-state index in [4.69, 9.17) is 0 Å². The van der Waals surface area contributed by atoms with Crippen molar-refractivity contribution < 1.29 is 19.2 Å². The van der Waals surface area contributed by atoms with Crippen LogP contribution >= 0.6 is 0 Å². The first-order valence-corrected chi connectivity index (χ1v) is 9.75. The average molecular weight is 408 g/mol. The van der Waals surface area contributed by atoms with Gasteiger partial charge < -0.3 is 20.9 Å². The normalized spacial score (nSPS) is 15.4. The van der Waals surface area contributed by atoms with Gasteiger partial charge in [0.15, 0.2) is 0 Å². The van der Waals surface area contributed by atoms with Crippen LogP contribution < -0.4 is 16.0 Å². The monoisotopic (exact) mass is 408 g/mol. The number of nitrogens with one attached hydrogen (secondary N) is 3. The van der Waals surface area contributed by atoms with Gasteiger partial charge in [-0.15, -0.1) is 0 Å². The number of likely N-dealkylation sites (tertiary alicyclic amines) is 1. The van der Waals surface area contributed by atoms with Gasteiger partial charge in [-0.25, -0.2) is 0 Å². The molecule has 1 saturated heterocycles. The molecular weight excluding hydrogens is 384 g/mol. The lowest BCUT2D eigenvalue weighted by Crippen LogP contribution is -2.48. The molecule has 8 heteroatoms. The Kier molecular flexibility index (Phi) is 6.79. The number of hydrogen-bond acceptors (Lipinski definition) is 4. The minimum atomic E-state index is -0.480. The van der Waals surface area contributed by atoms with Crippen molar-refractivity contribution in [1.29, 1.82) is 0 Å². The summed E-state index contributed by atoms with van der Waals surface area (Å²) in [5.41, 5.74) is 1.46. The molecule has 2 aromatic rings. The highest BCUT2D eigenvalue weighted by Gasteiger charge is 2.33. The highest BCUT2D eigenvalue weighted by Crippen LogP contribution is 2.17. The number of rotatable bonds is 6. The molecule has 0 aliphatic carbocycles. The Bertz CT molecular complexity index is 928. The van der Waals surface area contributed by atoms with Crippen LogP contribution in [0.15, 0.2) is 54.6 Å². The zero-order valence-electron chi connectivity index (χ0n) is 16.7. The highest BCUT2D eigenvalue weighted by atomic mass is 16.2. The Morgan fingerprint density at radius 1 is 0.933 bits per heavy atom. The Labute approximate surface area is 174 Å². The van der Waals surface area contributed by atoms with Crippen molar-refractivity contribution in [2.45, 2.75) is 18.9 Å². The van der Waals surface area contributed by atoms with E-state index in [0.29, 0.717) is 29.8 Å². The maximum atomic E-state index is 12.4. The van der Waals surface area contributed by atoms with Crippen LogP contribution in [0.3, 0.4) is 0 Å². The molecule has 1 aliphatic rings. The number of anilines is 1. The van der Waals surface area contributed by atoms with Gasteiger partial charge in [-0.05, 0) is 49.2 Å². The van der Waals surface area contributed by atoms with Gasteiger partial charge in [-0.3, -0.25) is 19.2 Å². The van der Waals surface area contributed by atoms with E-state index in [9.17, 15) is 19.2 Å². The molecule has 30 heavy (non-hydrogen) atoms. The van der Waals surface area contributed by atoms with E-state index in [0.717, 1.165) is 6.42 Å². The molecule has 1 fully saturated rings. The lowest BCUT2D eigenvalue weighted by atomic mass is 10.1. The first kappa shape index (κ1) is 21.0.